The summed E-state index contributed by atoms with van der Waals surface area (Å²) in [5.41, 5.74) is 1.83. The van der Waals surface area contributed by atoms with Crippen molar-refractivity contribution < 1.29 is 19.1 Å². The third-order valence-electron chi connectivity index (χ3n) is 4.30. The third-order valence-corrected chi connectivity index (χ3v) is 5.47. The molecule has 1 aliphatic rings. The number of halogens is 2. The Bertz CT molecular complexity index is 977. The minimum absolute atomic E-state index is 0.242. The second-order valence-electron chi connectivity index (χ2n) is 6.36. The molecule has 6 nitrogen and oxygen atoms in total. The summed E-state index contributed by atoms with van der Waals surface area (Å²) in [6.07, 6.45) is 2.34. The Labute approximate surface area is 188 Å². The van der Waals surface area contributed by atoms with E-state index in [0.717, 1.165) is 14.7 Å². The van der Waals surface area contributed by atoms with Crippen LogP contribution >= 0.6 is 34.2 Å². The zero-order valence-corrected chi connectivity index (χ0v) is 18.9. The number of rotatable bonds is 7. The van der Waals surface area contributed by atoms with Crippen LogP contribution in [0.2, 0.25) is 5.02 Å². The summed E-state index contributed by atoms with van der Waals surface area (Å²) >= 11 is 8.34. The van der Waals surface area contributed by atoms with E-state index in [1.807, 2.05) is 37.3 Å². The quantitative estimate of drug-likeness (QED) is 0.319. The van der Waals surface area contributed by atoms with Gasteiger partial charge in [-0.15, -0.1) is 0 Å². The second kappa shape index (κ2) is 9.49. The third kappa shape index (κ3) is 4.84. The molecule has 2 aromatic carbocycles. The zero-order valence-electron chi connectivity index (χ0n) is 16.0. The first-order valence-corrected chi connectivity index (χ1v) is 10.5. The normalized spacial score (nSPS) is 15.0. The van der Waals surface area contributed by atoms with Gasteiger partial charge < -0.3 is 14.8 Å². The molecule has 1 fully saturated rings. The highest BCUT2D eigenvalue weighted by Crippen LogP contribution is 2.35. The van der Waals surface area contributed by atoms with Crippen molar-refractivity contribution in [2.24, 2.45) is 0 Å². The smallest absolute Gasteiger partial charge is 0.329 e. The van der Waals surface area contributed by atoms with Gasteiger partial charge in [0.2, 0.25) is 0 Å². The number of imide groups is 1. The van der Waals surface area contributed by atoms with Gasteiger partial charge in [0.1, 0.15) is 12.3 Å². The van der Waals surface area contributed by atoms with Gasteiger partial charge in [-0.3, -0.25) is 9.69 Å². The molecule has 3 amide bonds. The van der Waals surface area contributed by atoms with Gasteiger partial charge in [0, 0.05) is 17.1 Å². The van der Waals surface area contributed by atoms with Gasteiger partial charge in [0.05, 0.1) is 10.7 Å². The van der Waals surface area contributed by atoms with Crippen molar-refractivity contribution in [2.45, 2.75) is 20.0 Å². The molecule has 1 heterocycles. The molecule has 0 saturated carbocycles. The number of methoxy groups -OCH3 is 1. The van der Waals surface area contributed by atoms with Gasteiger partial charge in [-0.1, -0.05) is 36.7 Å². The Balaban J connectivity index is 1.84. The van der Waals surface area contributed by atoms with Crippen LogP contribution in [0, 0.1) is 3.57 Å². The van der Waals surface area contributed by atoms with Crippen LogP contribution in [0.5, 0.6) is 11.5 Å². The number of nitrogens with zero attached hydrogens (tertiary/aromatic N) is 1. The SMILES string of the molecule is CCCN1C(=O)N/C(=C/c2cc(I)c(OCc3ccccc3Cl)c(OC)c2)C1=O. The van der Waals surface area contributed by atoms with Crippen LogP contribution in [0.1, 0.15) is 24.5 Å². The molecule has 0 radical (unpaired) electrons. The van der Waals surface area contributed by atoms with Crippen molar-refractivity contribution in [3.05, 3.63) is 61.8 Å². The molecule has 0 spiro atoms. The van der Waals surface area contributed by atoms with E-state index in [-0.39, 0.29) is 11.6 Å². The van der Waals surface area contributed by atoms with Gasteiger partial charge >= 0.3 is 6.03 Å². The lowest BCUT2D eigenvalue weighted by Gasteiger charge is -2.14. The van der Waals surface area contributed by atoms with Crippen molar-refractivity contribution in [3.63, 3.8) is 0 Å². The van der Waals surface area contributed by atoms with Crippen molar-refractivity contribution in [3.8, 4) is 11.5 Å². The fourth-order valence-electron chi connectivity index (χ4n) is 2.89. The van der Waals surface area contributed by atoms with Crippen LogP contribution in [-0.4, -0.2) is 30.5 Å². The minimum atomic E-state index is -0.399. The first-order chi connectivity index (χ1) is 13.9. The topological polar surface area (TPSA) is 67.9 Å². The molecule has 0 bridgehead atoms. The molecule has 1 N–H and O–H groups in total. The summed E-state index contributed by atoms with van der Waals surface area (Å²) in [7, 11) is 1.55. The van der Waals surface area contributed by atoms with E-state index in [1.54, 1.807) is 19.3 Å². The summed E-state index contributed by atoms with van der Waals surface area (Å²) in [4.78, 5) is 25.6. The molecule has 1 saturated heterocycles. The zero-order chi connectivity index (χ0) is 21.0. The summed E-state index contributed by atoms with van der Waals surface area (Å²) < 4.78 is 12.2. The van der Waals surface area contributed by atoms with Gasteiger partial charge in [-0.05, 0) is 58.9 Å². The number of nitrogens with one attached hydrogen (secondary N) is 1. The molecule has 152 valence electrons. The van der Waals surface area contributed by atoms with Crippen LogP contribution in [0.15, 0.2) is 42.1 Å². The fourth-order valence-corrected chi connectivity index (χ4v) is 3.86. The van der Waals surface area contributed by atoms with E-state index in [0.29, 0.717) is 36.1 Å². The van der Waals surface area contributed by atoms with E-state index in [4.69, 9.17) is 21.1 Å². The van der Waals surface area contributed by atoms with Gasteiger partial charge in [0.25, 0.3) is 5.91 Å². The predicted molar refractivity (Wildman–Crippen MR) is 120 cm³/mol. The van der Waals surface area contributed by atoms with Crippen molar-refractivity contribution in [1.29, 1.82) is 0 Å². The van der Waals surface area contributed by atoms with Crippen LogP contribution < -0.4 is 14.8 Å². The van der Waals surface area contributed by atoms with Crippen molar-refractivity contribution >= 4 is 52.2 Å². The number of amides is 3. The molecule has 0 aromatic heterocycles. The second-order valence-corrected chi connectivity index (χ2v) is 7.93. The predicted octanol–water partition coefficient (Wildman–Crippen LogP) is 4.83. The monoisotopic (exact) mass is 526 g/mol. The lowest BCUT2D eigenvalue weighted by Crippen LogP contribution is -2.31. The number of benzene rings is 2. The molecule has 8 heteroatoms. The van der Waals surface area contributed by atoms with Crippen LogP contribution in [0.25, 0.3) is 6.08 Å². The van der Waals surface area contributed by atoms with Crippen LogP contribution in [0.4, 0.5) is 4.79 Å². The van der Waals surface area contributed by atoms with Crippen LogP contribution in [-0.2, 0) is 11.4 Å². The Morgan fingerprint density at radius 1 is 1.24 bits per heavy atom. The molecule has 0 atom stereocenters. The average Bonchev–Trinajstić information content (AvgIpc) is 2.95. The Hall–Kier alpha value is -2.26. The van der Waals surface area contributed by atoms with E-state index in [2.05, 4.69) is 27.9 Å². The van der Waals surface area contributed by atoms with Crippen molar-refractivity contribution in [1.82, 2.24) is 10.2 Å². The molecule has 3 rings (SSSR count). The summed E-state index contributed by atoms with van der Waals surface area (Å²) in [6, 6.07) is 10.7. The number of carbonyl (C=O) groups excluding carboxylic acids is 2. The molecular weight excluding hydrogens is 507 g/mol. The number of hydrogen-bond donors (Lipinski definition) is 1. The Morgan fingerprint density at radius 2 is 2.00 bits per heavy atom. The highest BCUT2D eigenvalue weighted by molar-refractivity contribution is 14.1. The highest BCUT2D eigenvalue weighted by atomic mass is 127. The number of carbonyl (C=O) groups is 2. The van der Waals surface area contributed by atoms with Crippen LogP contribution in [0.3, 0.4) is 0 Å². The summed E-state index contributed by atoms with van der Waals surface area (Å²) in [6.45, 7) is 2.60. The standard InChI is InChI=1S/C21H20ClIN2O4/c1-3-8-25-20(26)17(24-21(25)27)10-13-9-16(23)19(18(11-13)28-2)29-12-14-6-4-5-7-15(14)22/h4-7,9-11H,3,8,12H2,1-2H3,(H,24,27)/b17-10+. The van der Waals surface area contributed by atoms with Gasteiger partial charge in [-0.25, -0.2) is 4.79 Å². The number of hydrogen-bond acceptors (Lipinski definition) is 4. The van der Waals surface area contributed by atoms with Crippen molar-refractivity contribution in [2.75, 3.05) is 13.7 Å². The van der Waals surface area contributed by atoms with E-state index in [1.165, 1.54) is 4.90 Å². The lowest BCUT2D eigenvalue weighted by atomic mass is 10.1. The lowest BCUT2D eigenvalue weighted by molar-refractivity contribution is -0.122. The van der Waals surface area contributed by atoms with E-state index >= 15 is 0 Å². The summed E-state index contributed by atoms with van der Waals surface area (Å²) in [5, 5.41) is 3.26. The molecule has 29 heavy (non-hydrogen) atoms. The average molecular weight is 527 g/mol. The first-order valence-electron chi connectivity index (χ1n) is 9.02. The fraction of sp³-hybridized carbons (Fsp3) is 0.238. The maximum atomic E-state index is 12.4. The maximum Gasteiger partial charge on any atom is 0.329 e. The summed E-state index contributed by atoms with van der Waals surface area (Å²) in [5.74, 6) is 0.785. The maximum absolute atomic E-state index is 12.4. The molecule has 0 unspecified atom stereocenters. The van der Waals surface area contributed by atoms with E-state index < -0.39 is 6.03 Å². The number of ether oxygens (including phenoxy) is 2. The Kier molecular flexibility index (Phi) is 7.02. The molecular formula is C21H20ClIN2O4. The largest absolute Gasteiger partial charge is 0.493 e. The Morgan fingerprint density at radius 3 is 2.69 bits per heavy atom. The molecule has 0 aliphatic carbocycles. The first kappa shape index (κ1) is 21.4. The number of urea groups is 1. The van der Waals surface area contributed by atoms with Gasteiger partial charge in [0.15, 0.2) is 11.5 Å². The molecule has 2 aromatic rings. The van der Waals surface area contributed by atoms with E-state index in [9.17, 15) is 9.59 Å². The molecule has 1 aliphatic heterocycles. The minimum Gasteiger partial charge on any atom is -0.493 e. The highest BCUT2D eigenvalue weighted by Gasteiger charge is 2.32. The van der Waals surface area contributed by atoms with Gasteiger partial charge in [-0.2, -0.15) is 0 Å².